The number of fused-ring (bicyclic) bond motifs is 7. The molecule has 0 spiro atoms. The van der Waals surface area contributed by atoms with Gasteiger partial charge in [-0.3, -0.25) is 4.57 Å². The van der Waals surface area contributed by atoms with Gasteiger partial charge in [0.2, 0.25) is 0 Å². The van der Waals surface area contributed by atoms with Gasteiger partial charge < -0.3 is 0 Å². The SMILES string of the molecule is CC1CC=Cc2sc3c(ccc4c3c3ccccc3n4-c3cc(-c4ccccc4)nc(-c4ccccc4)n3)c21. The van der Waals surface area contributed by atoms with E-state index < -0.39 is 0 Å². The van der Waals surface area contributed by atoms with E-state index in [0.717, 1.165) is 40.4 Å². The fourth-order valence-electron chi connectivity index (χ4n) is 6.04. The van der Waals surface area contributed by atoms with Gasteiger partial charge in [-0.1, -0.05) is 97.9 Å². The smallest absolute Gasteiger partial charge is 0.162 e. The van der Waals surface area contributed by atoms with Crippen LogP contribution in [-0.2, 0) is 0 Å². The molecule has 1 unspecified atom stereocenters. The molecule has 0 amide bonds. The summed E-state index contributed by atoms with van der Waals surface area (Å²) in [6.07, 6.45) is 5.73. The molecule has 1 aliphatic carbocycles. The lowest BCUT2D eigenvalue weighted by atomic mass is 9.90. The monoisotopic (exact) mass is 519 g/mol. The molecule has 1 aliphatic rings. The lowest BCUT2D eigenvalue weighted by Crippen LogP contribution is -2.02. The summed E-state index contributed by atoms with van der Waals surface area (Å²) in [5, 5.41) is 3.96. The van der Waals surface area contributed by atoms with Crippen LogP contribution in [0.3, 0.4) is 0 Å². The van der Waals surface area contributed by atoms with E-state index in [0.29, 0.717) is 5.92 Å². The number of rotatable bonds is 3. The minimum absolute atomic E-state index is 0.535. The maximum Gasteiger partial charge on any atom is 0.162 e. The molecule has 0 N–H and O–H groups in total. The van der Waals surface area contributed by atoms with Crippen molar-refractivity contribution in [2.24, 2.45) is 0 Å². The summed E-state index contributed by atoms with van der Waals surface area (Å²) < 4.78 is 3.69. The van der Waals surface area contributed by atoms with Gasteiger partial charge in [0.05, 0.1) is 16.7 Å². The Morgan fingerprint density at radius 3 is 2.31 bits per heavy atom. The van der Waals surface area contributed by atoms with Gasteiger partial charge in [0, 0.05) is 37.5 Å². The van der Waals surface area contributed by atoms with E-state index in [4.69, 9.17) is 9.97 Å². The average Bonchev–Trinajstić information content (AvgIpc) is 3.54. The van der Waals surface area contributed by atoms with Gasteiger partial charge >= 0.3 is 0 Å². The van der Waals surface area contributed by atoms with E-state index in [2.05, 4.69) is 103 Å². The fourth-order valence-corrected chi connectivity index (χ4v) is 7.45. The fraction of sp³-hybridized carbons (Fsp3) is 0.0857. The third-order valence-electron chi connectivity index (χ3n) is 7.85. The van der Waals surface area contributed by atoms with Crippen LogP contribution >= 0.6 is 11.3 Å². The van der Waals surface area contributed by atoms with Crippen molar-refractivity contribution in [1.82, 2.24) is 14.5 Å². The minimum atomic E-state index is 0.535. The van der Waals surface area contributed by atoms with Crippen molar-refractivity contribution < 1.29 is 0 Å². The molecule has 0 radical (unpaired) electrons. The van der Waals surface area contributed by atoms with E-state index in [-0.39, 0.29) is 0 Å². The molecule has 3 aromatic heterocycles. The second-order valence-electron chi connectivity index (χ2n) is 10.3. The van der Waals surface area contributed by atoms with Crippen LogP contribution in [0.4, 0.5) is 0 Å². The molecule has 0 aliphatic heterocycles. The van der Waals surface area contributed by atoms with E-state index >= 15 is 0 Å². The van der Waals surface area contributed by atoms with Crippen molar-refractivity contribution in [3.8, 4) is 28.5 Å². The minimum Gasteiger partial charge on any atom is -0.294 e. The zero-order valence-electron chi connectivity index (χ0n) is 21.5. The van der Waals surface area contributed by atoms with Gasteiger partial charge in [-0.25, -0.2) is 9.97 Å². The number of hydrogen-bond donors (Lipinski definition) is 0. The molecule has 1 atom stereocenters. The van der Waals surface area contributed by atoms with E-state index in [9.17, 15) is 0 Å². The highest BCUT2D eigenvalue weighted by atomic mass is 32.1. The number of thiophene rings is 1. The molecule has 0 bridgehead atoms. The molecule has 0 fully saturated rings. The Hall–Kier alpha value is -4.54. The van der Waals surface area contributed by atoms with Crippen LogP contribution in [0.2, 0.25) is 0 Å². The lowest BCUT2D eigenvalue weighted by Gasteiger charge is -2.14. The Balaban J connectivity index is 1.47. The molecule has 4 heteroatoms. The average molecular weight is 520 g/mol. The molecular weight excluding hydrogens is 494 g/mol. The lowest BCUT2D eigenvalue weighted by molar-refractivity contribution is 0.783. The molecule has 8 rings (SSSR count). The van der Waals surface area contributed by atoms with Crippen LogP contribution in [0, 0.1) is 0 Å². The summed E-state index contributed by atoms with van der Waals surface area (Å²) in [6.45, 7) is 2.35. The predicted molar refractivity (Wildman–Crippen MR) is 165 cm³/mol. The number of benzene rings is 4. The highest BCUT2D eigenvalue weighted by Crippen LogP contribution is 2.46. The Labute approximate surface area is 230 Å². The zero-order chi connectivity index (χ0) is 25.9. The summed E-state index contributed by atoms with van der Waals surface area (Å²) in [7, 11) is 0. The van der Waals surface area contributed by atoms with Crippen molar-refractivity contribution in [3.63, 3.8) is 0 Å². The van der Waals surface area contributed by atoms with Gasteiger partial charge in [0.25, 0.3) is 0 Å². The first-order valence-corrected chi connectivity index (χ1v) is 14.2. The van der Waals surface area contributed by atoms with Crippen molar-refractivity contribution in [1.29, 1.82) is 0 Å². The molecule has 4 aromatic carbocycles. The van der Waals surface area contributed by atoms with Crippen LogP contribution in [0.25, 0.3) is 66.4 Å². The second kappa shape index (κ2) is 8.75. The first-order chi connectivity index (χ1) is 19.3. The maximum absolute atomic E-state index is 5.17. The van der Waals surface area contributed by atoms with Gasteiger partial charge in [-0.2, -0.15) is 0 Å². The molecular formula is C35H25N3S. The molecule has 3 heterocycles. The van der Waals surface area contributed by atoms with Crippen LogP contribution in [0.1, 0.15) is 29.7 Å². The van der Waals surface area contributed by atoms with Crippen molar-refractivity contribution in [2.45, 2.75) is 19.3 Å². The van der Waals surface area contributed by atoms with E-state index in [1.165, 1.54) is 36.8 Å². The Bertz CT molecular complexity index is 1990. The van der Waals surface area contributed by atoms with E-state index in [1.807, 2.05) is 35.6 Å². The van der Waals surface area contributed by atoms with Crippen LogP contribution in [0.15, 0.2) is 109 Å². The summed E-state index contributed by atoms with van der Waals surface area (Å²) in [6, 6.07) is 36.1. The molecule has 7 aromatic rings. The van der Waals surface area contributed by atoms with Crippen LogP contribution < -0.4 is 0 Å². The molecule has 39 heavy (non-hydrogen) atoms. The number of aromatic nitrogens is 3. The number of hydrogen-bond acceptors (Lipinski definition) is 3. The predicted octanol–water partition coefficient (Wildman–Crippen LogP) is 9.64. The van der Waals surface area contributed by atoms with Gasteiger partial charge in [-0.05, 0) is 41.5 Å². The Morgan fingerprint density at radius 1 is 0.744 bits per heavy atom. The first-order valence-electron chi connectivity index (χ1n) is 13.4. The summed E-state index contributed by atoms with van der Waals surface area (Å²) in [5.41, 5.74) is 6.83. The standard InChI is InChI=1S/C35H25N3S/c1-22-11-10-18-30-32(22)26-19-20-29-33(34(26)39-30)25-16-8-9-17-28(25)38(29)31-21-27(23-12-4-2-5-13-23)36-35(37-31)24-14-6-3-7-15-24/h2-10,12-22H,11H2,1H3. The highest BCUT2D eigenvalue weighted by molar-refractivity contribution is 7.21. The normalized spacial score (nSPS) is 14.8. The third-order valence-corrected chi connectivity index (χ3v) is 9.06. The first kappa shape index (κ1) is 22.4. The summed E-state index contributed by atoms with van der Waals surface area (Å²) >= 11 is 1.92. The zero-order valence-corrected chi connectivity index (χ0v) is 22.3. The highest BCUT2D eigenvalue weighted by Gasteiger charge is 2.23. The van der Waals surface area contributed by atoms with Crippen molar-refractivity contribution in [2.75, 3.05) is 0 Å². The topological polar surface area (TPSA) is 30.7 Å². The summed E-state index contributed by atoms with van der Waals surface area (Å²) in [4.78, 5) is 11.6. The summed E-state index contributed by atoms with van der Waals surface area (Å²) in [5.74, 6) is 2.14. The van der Waals surface area contributed by atoms with E-state index in [1.54, 1.807) is 0 Å². The van der Waals surface area contributed by atoms with Gasteiger partial charge in [0.15, 0.2) is 5.82 Å². The Morgan fingerprint density at radius 2 is 1.49 bits per heavy atom. The van der Waals surface area contributed by atoms with Crippen molar-refractivity contribution >= 4 is 49.3 Å². The molecule has 0 saturated carbocycles. The molecule has 3 nitrogen and oxygen atoms in total. The Kier molecular flexibility index (Phi) is 5.04. The maximum atomic E-state index is 5.17. The van der Waals surface area contributed by atoms with Crippen LogP contribution in [-0.4, -0.2) is 14.5 Å². The molecule has 0 saturated heterocycles. The van der Waals surface area contributed by atoms with Crippen LogP contribution in [0.5, 0.6) is 0 Å². The van der Waals surface area contributed by atoms with Gasteiger partial charge in [0.1, 0.15) is 5.82 Å². The molecule has 186 valence electrons. The largest absolute Gasteiger partial charge is 0.294 e. The quantitative estimate of drug-likeness (QED) is 0.233. The second-order valence-corrected chi connectivity index (χ2v) is 11.3. The third kappa shape index (κ3) is 3.49. The number of nitrogens with zero attached hydrogens (tertiary/aromatic N) is 3. The van der Waals surface area contributed by atoms with Crippen molar-refractivity contribution in [3.05, 3.63) is 120 Å². The number of para-hydroxylation sites is 1. The number of allylic oxidation sites excluding steroid dienone is 1. The van der Waals surface area contributed by atoms with Gasteiger partial charge in [-0.15, -0.1) is 11.3 Å².